The predicted octanol–water partition coefficient (Wildman–Crippen LogP) is 5.13. The molecule has 0 N–H and O–H groups in total. The lowest BCUT2D eigenvalue weighted by Crippen LogP contribution is -2.49. The molecule has 3 aromatic rings. The molecule has 1 atom stereocenters. The smallest absolute Gasteiger partial charge is 0.247 e. The van der Waals surface area contributed by atoms with Crippen LogP contribution in [0.15, 0.2) is 47.4 Å². The molecule has 35 heavy (non-hydrogen) atoms. The summed E-state index contributed by atoms with van der Waals surface area (Å²) in [6, 6.07) is 10.7. The summed E-state index contributed by atoms with van der Waals surface area (Å²) < 4.78 is 29.1. The Labute approximate surface area is 220 Å². The Morgan fingerprint density at radius 1 is 1.09 bits per heavy atom. The van der Waals surface area contributed by atoms with Crippen molar-refractivity contribution in [3.05, 3.63) is 52.5 Å². The van der Waals surface area contributed by atoms with Crippen LogP contribution in [-0.4, -0.2) is 67.3 Å². The molecule has 1 aromatic heterocycles. The fourth-order valence-electron chi connectivity index (χ4n) is 4.28. The number of anilines is 1. The van der Waals surface area contributed by atoms with Gasteiger partial charge in [-0.25, -0.2) is 13.4 Å². The lowest BCUT2D eigenvalue weighted by Gasteiger charge is -2.30. The fraction of sp³-hybridized carbons (Fsp3) is 0.417. The van der Waals surface area contributed by atoms with Crippen LogP contribution in [-0.2, 0) is 14.8 Å². The average Bonchev–Trinajstić information content (AvgIpc) is 3.49. The Kier molecular flexibility index (Phi) is 8.35. The van der Waals surface area contributed by atoms with Crippen LogP contribution in [0.2, 0.25) is 10.0 Å². The Bertz CT molecular complexity index is 1290. The quantitative estimate of drug-likeness (QED) is 0.366. The number of hydrogen-bond donors (Lipinski definition) is 0. The van der Waals surface area contributed by atoms with E-state index in [0.717, 1.165) is 23.3 Å². The molecule has 1 unspecified atom stereocenters. The van der Waals surface area contributed by atoms with Gasteiger partial charge in [-0.15, -0.1) is 0 Å². The van der Waals surface area contributed by atoms with Gasteiger partial charge in [0.15, 0.2) is 5.13 Å². The number of sulfonamides is 1. The standard InChI is InChI=1S/C24H28Cl2N4O3S2/c1-3-28(4-2)14-15-29(24-27-20-12-9-18(26)16-22(20)34-24)23(31)21-6-5-13-30(21)35(32,33)19-10-7-17(25)8-11-19/h7-12,16,21H,3-6,13-15H2,1-2H3. The van der Waals surface area contributed by atoms with E-state index in [4.69, 9.17) is 28.2 Å². The van der Waals surface area contributed by atoms with E-state index in [1.165, 1.54) is 27.8 Å². The Hall–Kier alpha value is -1.75. The normalized spacial score (nSPS) is 16.9. The third-order valence-electron chi connectivity index (χ3n) is 6.28. The van der Waals surface area contributed by atoms with Crippen LogP contribution in [0.4, 0.5) is 5.13 Å². The van der Waals surface area contributed by atoms with Crippen molar-refractivity contribution < 1.29 is 13.2 Å². The number of benzene rings is 2. The minimum atomic E-state index is -3.85. The minimum Gasteiger partial charge on any atom is -0.302 e. The number of amides is 1. The van der Waals surface area contributed by atoms with Gasteiger partial charge < -0.3 is 4.90 Å². The van der Waals surface area contributed by atoms with Crippen LogP contribution in [0, 0.1) is 0 Å². The van der Waals surface area contributed by atoms with E-state index in [-0.39, 0.29) is 10.8 Å². The Morgan fingerprint density at radius 3 is 2.46 bits per heavy atom. The molecule has 1 fully saturated rings. The second-order valence-corrected chi connectivity index (χ2v) is 12.1. The van der Waals surface area contributed by atoms with Gasteiger partial charge in [0.05, 0.1) is 15.1 Å². The maximum absolute atomic E-state index is 13.9. The molecular weight excluding hydrogens is 527 g/mol. The van der Waals surface area contributed by atoms with Crippen molar-refractivity contribution in [2.75, 3.05) is 37.6 Å². The molecule has 2 heterocycles. The van der Waals surface area contributed by atoms with Gasteiger partial charge in [-0.2, -0.15) is 4.31 Å². The topological polar surface area (TPSA) is 73.8 Å². The van der Waals surface area contributed by atoms with Gasteiger partial charge in [0.2, 0.25) is 15.9 Å². The first-order valence-electron chi connectivity index (χ1n) is 11.6. The fourth-order valence-corrected chi connectivity index (χ4v) is 7.33. The average molecular weight is 556 g/mol. The number of halogens is 2. The maximum Gasteiger partial charge on any atom is 0.247 e. The van der Waals surface area contributed by atoms with Gasteiger partial charge >= 0.3 is 0 Å². The number of nitrogens with zero attached hydrogens (tertiary/aromatic N) is 4. The van der Waals surface area contributed by atoms with Crippen LogP contribution in [0.3, 0.4) is 0 Å². The Morgan fingerprint density at radius 2 is 1.77 bits per heavy atom. The third-order valence-corrected chi connectivity index (χ3v) is 9.73. The van der Waals surface area contributed by atoms with Crippen LogP contribution in [0.5, 0.6) is 0 Å². The molecule has 0 aliphatic carbocycles. The van der Waals surface area contributed by atoms with Crippen molar-refractivity contribution in [1.29, 1.82) is 0 Å². The minimum absolute atomic E-state index is 0.130. The van der Waals surface area contributed by atoms with Gasteiger partial charge in [0.25, 0.3) is 0 Å². The molecule has 1 aliphatic heterocycles. The van der Waals surface area contributed by atoms with Crippen LogP contribution in [0.1, 0.15) is 26.7 Å². The van der Waals surface area contributed by atoms with E-state index in [1.54, 1.807) is 23.1 Å². The Balaban J connectivity index is 1.67. The van der Waals surface area contributed by atoms with Crippen LogP contribution in [0.25, 0.3) is 10.2 Å². The van der Waals surface area contributed by atoms with Gasteiger partial charge in [-0.1, -0.05) is 48.4 Å². The molecule has 0 bridgehead atoms. The van der Waals surface area contributed by atoms with E-state index in [9.17, 15) is 13.2 Å². The zero-order valence-electron chi connectivity index (χ0n) is 19.7. The van der Waals surface area contributed by atoms with E-state index < -0.39 is 16.1 Å². The summed E-state index contributed by atoms with van der Waals surface area (Å²) in [5.74, 6) is -0.252. The van der Waals surface area contributed by atoms with Crippen molar-refractivity contribution in [2.24, 2.45) is 0 Å². The molecule has 188 valence electrons. The van der Waals surface area contributed by atoms with E-state index in [1.807, 2.05) is 12.1 Å². The van der Waals surface area contributed by atoms with E-state index in [0.29, 0.717) is 47.7 Å². The molecule has 7 nitrogen and oxygen atoms in total. The first kappa shape index (κ1) is 26.3. The van der Waals surface area contributed by atoms with Crippen molar-refractivity contribution >= 4 is 65.8 Å². The number of carbonyl (C=O) groups excluding carboxylic acids is 1. The summed E-state index contributed by atoms with van der Waals surface area (Å²) in [5.41, 5.74) is 0.757. The van der Waals surface area contributed by atoms with E-state index in [2.05, 4.69) is 18.7 Å². The molecule has 4 rings (SSSR count). The number of aromatic nitrogens is 1. The second kappa shape index (κ2) is 11.1. The molecule has 2 aromatic carbocycles. The highest BCUT2D eigenvalue weighted by Gasteiger charge is 2.42. The molecule has 1 amide bonds. The monoisotopic (exact) mass is 554 g/mol. The molecular formula is C24H28Cl2N4O3S2. The van der Waals surface area contributed by atoms with Gasteiger partial charge in [0, 0.05) is 29.7 Å². The van der Waals surface area contributed by atoms with Crippen molar-refractivity contribution in [3.63, 3.8) is 0 Å². The first-order chi connectivity index (χ1) is 16.7. The summed E-state index contributed by atoms with van der Waals surface area (Å²) in [4.78, 5) is 22.6. The van der Waals surface area contributed by atoms with Gasteiger partial charge in [-0.3, -0.25) is 9.69 Å². The number of rotatable bonds is 9. The predicted molar refractivity (Wildman–Crippen MR) is 143 cm³/mol. The summed E-state index contributed by atoms with van der Waals surface area (Å²) in [5, 5.41) is 1.61. The number of likely N-dealkylation sites (N-methyl/N-ethyl adjacent to an activating group) is 1. The summed E-state index contributed by atoms with van der Waals surface area (Å²) in [6.45, 7) is 7.23. The summed E-state index contributed by atoms with van der Waals surface area (Å²) >= 11 is 13.5. The first-order valence-corrected chi connectivity index (χ1v) is 14.6. The molecule has 11 heteroatoms. The van der Waals surface area contributed by atoms with Crippen LogP contribution < -0.4 is 4.90 Å². The van der Waals surface area contributed by atoms with Gasteiger partial charge in [-0.05, 0) is 68.4 Å². The highest BCUT2D eigenvalue weighted by atomic mass is 35.5. The molecule has 1 aliphatic rings. The lowest BCUT2D eigenvalue weighted by atomic mass is 10.2. The SMILES string of the molecule is CCN(CC)CCN(C(=O)C1CCCN1S(=O)(=O)c1ccc(Cl)cc1)c1nc2ccc(Cl)cc2s1. The van der Waals surface area contributed by atoms with Crippen molar-refractivity contribution in [3.8, 4) is 0 Å². The van der Waals surface area contributed by atoms with E-state index >= 15 is 0 Å². The highest BCUT2D eigenvalue weighted by molar-refractivity contribution is 7.89. The highest BCUT2D eigenvalue weighted by Crippen LogP contribution is 2.34. The zero-order valence-corrected chi connectivity index (χ0v) is 22.8. The molecule has 1 saturated heterocycles. The van der Waals surface area contributed by atoms with Crippen LogP contribution >= 0.6 is 34.5 Å². The number of carbonyl (C=O) groups is 1. The molecule has 0 saturated carbocycles. The second-order valence-electron chi connectivity index (χ2n) is 8.35. The van der Waals surface area contributed by atoms with Gasteiger partial charge in [0.1, 0.15) is 6.04 Å². The maximum atomic E-state index is 13.9. The summed E-state index contributed by atoms with van der Waals surface area (Å²) in [6.07, 6.45) is 1.08. The largest absolute Gasteiger partial charge is 0.302 e. The van der Waals surface area contributed by atoms with Crippen molar-refractivity contribution in [2.45, 2.75) is 37.6 Å². The molecule has 0 spiro atoms. The van der Waals surface area contributed by atoms with Crippen molar-refractivity contribution in [1.82, 2.24) is 14.2 Å². The zero-order chi connectivity index (χ0) is 25.2. The number of hydrogen-bond acceptors (Lipinski definition) is 6. The lowest BCUT2D eigenvalue weighted by molar-refractivity contribution is -0.121. The number of thiazole rings is 1. The summed E-state index contributed by atoms with van der Waals surface area (Å²) in [7, 11) is -3.85. The molecule has 0 radical (unpaired) electrons. The third kappa shape index (κ3) is 5.65. The number of fused-ring (bicyclic) bond motifs is 1.